The van der Waals surface area contributed by atoms with Crippen LogP contribution in [-0.2, 0) is 9.47 Å². The van der Waals surface area contributed by atoms with Gasteiger partial charge < -0.3 is 23.4 Å². The van der Waals surface area contributed by atoms with E-state index in [2.05, 4.69) is 0 Å². The predicted molar refractivity (Wildman–Crippen MR) is 66.5 cm³/mol. The Bertz CT molecular complexity index is 518. The first-order valence-corrected chi connectivity index (χ1v) is 6.53. The van der Waals surface area contributed by atoms with Gasteiger partial charge in [-0.05, 0) is 24.3 Å². The third kappa shape index (κ3) is 1.59. The highest BCUT2D eigenvalue weighted by Gasteiger charge is 2.58. The van der Waals surface area contributed by atoms with Gasteiger partial charge in [0.25, 0.3) is 0 Å². The number of aliphatic hydroxyl groups excluding tert-OH is 1. The molecule has 2 saturated heterocycles. The lowest BCUT2D eigenvalue weighted by Gasteiger charge is -2.30. The fourth-order valence-corrected chi connectivity index (χ4v) is 2.91. The second-order valence-electron chi connectivity index (χ2n) is 5.15. The van der Waals surface area contributed by atoms with Crippen LogP contribution in [0.3, 0.4) is 0 Å². The van der Waals surface area contributed by atoms with Gasteiger partial charge >= 0.3 is 0 Å². The Labute approximate surface area is 115 Å². The van der Waals surface area contributed by atoms with E-state index in [-0.39, 0.29) is 19.1 Å². The molecule has 6 heteroatoms. The van der Waals surface area contributed by atoms with E-state index in [1.807, 2.05) is 29.2 Å². The van der Waals surface area contributed by atoms with E-state index >= 15 is 0 Å². The molecule has 0 aliphatic carbocycles. The zero-order valence-electron chi connectivity index (χ0n) is 10.8. The van der Waals surface area contributed by atoms with Gasteiger partial charge in [-0.3, -0.25) is 0 Å². The van der Waals surface area contributed by atoms with E-state index in [4.69, 9.17) is 18.3 Å². The summed E-state index contributed by atoms with van der Waals surface area (Å²) >= 11 is 0. The molecule has 0 bridgehead atoms. The minimum atomic E-state index is -0.547. The first kappa shape index (κ1) is 12.2. The van der Waals surface area contributed by atoms with Crippen molar-refractivity contribution >= 4 is 0 Å². The summed E-state index contributed by atoms with van der Waals surface area (Å²) < 4.78 is 22.6. The van der Waals surface area contributed by atoms with Crippen molar-refractivity contribution in [1.29, 1.82) is 0 Å². The van der Waals surface area contributed by atoms with Crippen LogP contribution in [0.4, 0.5) is 0 Å². The molecule has 4 rings (SSSR count). The topological polar surface area (TPSA) is 68.2 Å². The summed E-state index contributed by atoms with van der Waals surface area (Å²) in [6, 6.07) is 7.35. The molecule has 6 nitrogen and oxygen atoms in total. The molecule has 0 unspecified atom stereocenters. The van der Waals surface area contributed by atoms with Crippen LogP contribution >= 0.6 is 0 Å². The molecule has 2 atom stereocenters. The number of hydrogen-bond donors (Lipinski definition) is 1. The van der Waals surface area contributed by atoms with Crippen molar-refractivity contribution in [2.75, 3.05) is 19.8 Å². The lowest BCUT2D eigenvalue weighted by atomic mass is 10.0. The first-order chi connectivity index (χ1) is 9.84. The molecule has 2 fully saturated rings. The second kappa shape index (κ2) is 4.46. The highest BCUT2D eigenvalue weighted by molar-refractivity contribution is 5.15. The van der Waals surface area contributed by atoms with Gasteiger partial charge in [0.2, 0.25) is 0 Å². The molecule has 0 amide bonds. The Balaban J connectivity index is 1.74. The zero-order chi connectivity index (χ0) is 13.6. The van der Waals surface area contributed by atoms with Gasteiger partial charge in [-0.2, -0.15) is 0 Å². The largest absolute Gasteiger partial charge is 0.465 e. The maximum atomic E-state index is 9.79. The van der Waals surface area contributed by atoms with Crippen LogP contribution in [-0.4, -0.2) is 35.4 Å². The third-order valence-corrected chi connectivity index (χ3v) is 3.94. The summed E-state index contributed by atoms with van der Waals surface area (Å²) in [5, 5.41) is 9.79. The van der Waals surface area contributed by atoms with Crippen molar-refractivity contribution in [3.63, 3.8) is 0 Å². The van der Waals surface area contributed by atoms with E-state index in [9.17, 15) is 5.11 Å². The number of rotatable bonds is 3. The monoisotopic (exact) mass is 277 g/mol. The van der Waals surface area contributed by atoms with Gasteiger partial charge in [0, 0.05) is 0 Å². The normalized spacial score (nSPS) is 28.9. The molecule has 4 heterocycles. The molecule has 0 saturated carbocycles. The van der Waals surface area contributed by atoms with Crippen LogP contribution in [0.25, 0.3) is 0 Å². The lowest BCUT2D eigenvalue weighted by molar-refractivity contribution is -0.0799. The number of ether oxygens (including phenoxy) is 2. The number of aliphatic hydroxyl groups is 1. The molecular weight excluding hydrogens is 262 g/mol. The van der Waals surface area contributed by atoms with E-state index in [0.29, 0.717) is 24.7 Å². The van der Waals surface area contributed by atoms with Gasteiger partial charge in [-0.15, -0.1) is 0 Å². The van der Waals surface area contributed by atoms with Gasteiger partial charge in [-0.1, -0.05) is 0 Å². The average molecular weight is 277 g/mol. The lowest BCUT2D eigenvalue weighted by Crippen LogP contribution is -2.47. The summed E-state index contributed by atoms with van der Waals surface area (Å²) in [6.07, 6.45) is 2.46. The highest BCUT2D eigenvalue weighted by Crippen LogP contribution is 2.48. The molecule has 0 spiro atoms. The van der Waals surface area contributed by atoms with Crippen molar-refractivity contribution in [3.05, 3.63) is 48.3 Å². The van der Waals surface area contributed by atoms with Crippen molar-refractivity contribution < 1.29 is 23.4 Å². The fourth-order valence-electron chi connectivity index (χ4n) is 2.91. The summed E-state index contributed by atoms with van der Waals surface area (Å²) in [6.45, 7) is 0.750. The third-order valence-electron chi connectivity index (χ3n) is 3.94. The van der Waals surface area contributed by atoms with Crippen molar-refractivity contribution in [2.24, 2.45) is 0 Å². The van der Waals surface area contributed by atoms with Crippen LogP contribution in [0.5, 0.6) is 0 Å². The summed E-state index contributed by atoms with van der Waals surface area (Å²) in [7, 11) is 0. The molecule has 0 aromatic carbocycles. The number of hydrogen-bond acceptors (Lipinski definition) is 6. The van der Waals surface area contributed by atoms with Gasteiger partial charge in [0.1, 0.15) is 11.5 Å². The Hall–Kier alpha value is -1.60. The summed E-state index contributed by atoms with van der Waals surface area (Å²) in [5.74, 6) is 1.39. The van der Waals surface area contributed by atoms with Gasteiger partial charge in [-0.25, -0.2) is 4.90 Å². The van der Waals surface area contributed by atoms with E-state index < -0.39 is 5.54 Å². The molecule has 2 aliphatic heterocycles. The SMILES string of the molecule is OCC12CO[C@@H](c3ccco3)N1[C@H](c1ccco1)OC2. The Morgan fingerprint density at radius 2 is 1.60 bits per heavy atom. The van der Waals surface area contributed by atoms with Gasteiger partial charge in [0.05, 0.1) is 37.9 Å². The second-order valence-corrected chi connectivity index (χ2v) is 5.15. The molecule has 2 aliphatic rings. The Kier molecular flexibility index (Phi) is 2.71. The minimum Gasteiger partial charge on any atom is -0.465 e. The average Bonchev–Trinajstić information content (AvgIpc) is 3.22. The number of furan rings is 2. The van der Waals surface area contributed by atoms with E-state index in [1.165, 1.54) is 0 Å². The first-order valence-electron chi connectivity index (χ1n) is 6.53. The van der Waals surface area contributed by atoms with Crippen LogP contribution in [0.15, 0.2) is 45.6 Å². The van der Waals surface area contributed by atoms with Crippen molar-refractivity contribution in [2.45, 2.75) is 18.0 Å². The fraction of sp³-hybridized carbons (Fsp3) is 0.429. The molecule has 1 N–H and O–H groups in total. The summed E-state index contributed by atoms with van der Waals surface area (Å²) in [5.41, 5.74) is -0.547. The smallest absolute Gasteiger partial charge is 0.172 e. The van der Waals surface area contributed by atoms with Crippen molar-refractivity contribution in [1.82, 2.24) is 4.90 Å². The summed E-state index contributed by atoms with van der Waals surface area (Å²) in [4.78, 5) is 1.99. The van der Waals surface area contributed by atoms with Crippen LogP contribution in [0.2, 0.25) is 0 Å². The van der Waals surface area contributed by atoms with Crippen molar-refractivity contribution in [3.8, 4) is 0 Å². The van der Waals surface area contributed by atoms with Crippen LogP contribution in [0.1, 0.15) is 24.0 Å². The molecule has 0 radical (unpaired) electrons. The molecular formula is C14H15NO5. The molecule has 2 aromatic rings. The number of nitrogens with zero attached hydrogens (tertiary/aromatic N) is 1. The Morgan fingerprint density at radius 1 is 1.05 bits per heavy atom. The Morgan fingerprint density at radius 3 is 2.00 bits per heavy atom. The standard InChI is InChI=1S/C14H15NO5/c16-7-14-8-19-12(10-3-1-5-17-10)15(14)13(20-9-14)11-4-2-6-18-11/h1-6,12-13,16H,7-9H2/t12-,13-/m0/s1. The molecule has 20 heavy (non-hydrogen) atoms. The minimum absolute atomic E-state index is 0.0403. The van der Waals surface area contributed by atoms with Gasteiger partial charge in [0.15, 0.2) is 12.5 Å². The van der Waals surface area contributed by atoms with E-state index in [0.717, 1.165) is 0 Å². The maximum absolute atomic E-state index is 9.79. The zero-order valence-corrected chi connectivity index (χ0v) is 10.8. The van der Waals surface area contributed by atoms with E-state index in [1.54, 1.807) is 12.5 Å². The molecule has 2 aromatic heterocycles. The quantitative estimate of drug-likeness (QED) is 0.920. The predicted octanol–water partition coefficient (Wildman–Crippen LogP) is 1.66. The number of fused-ring (bicyclic) bond motifs is 1. The van der Waals surface area contributed by atoms with Crippen LogP contribution < -0.4 is 0 Å². The van der Waals surface area contributed by atoms with Crippen LogP contribution in [0, 0.1) is 0 Å². The highest BCUT2D eigenvalue weighted by atomic mass is 16.6. The maximum Gasteiger partial charge on any atom is 0.172 e. The molecule has 106 valence electrons.